The summed E-state index contributed by atoms with van der Waals surface area (Å²) in [4.78, 5) is 35.1. The number of aliphatic imine (C=N–C) groups is 1. The zero-order valence-corrected chi connectivity index (χ0v) is 22.9. The number of rotatable bonds is 9. The normalized spacial score (nSPS) is 16.3. The molecule has 1 atom stereocenters. The van der Waals surface area contributed by atoms with Crippen LogP contribution in [0.15, 0.2) is 58.6 Å². The number of hydrogen-bond donors (Lipinski definition) is 2. The zero-order valence-electron chi connectivity index (χ0n) is 22.1. The smallest absolute Gasteiger partial charge is 0.260 e. The van der Waals surface area contributed by atoms with Crippen LogP contribution in [0.5, 0.6) is 0 Å². The molecular formula is C27H35ClN6O3. The van der Waals surface area contributed by atoms with Gasteiger partial charge in [-0.3, -0.25) is 19.8 Å². The van der Waals surface area contributed by atoms with E-state index in [1.807, 2.05) is 39.0 Å². The van der Waals surface area contributed by atoms with E-state index in [4.69, 9.17) is 21.1 Å². The Morgan fingerprint density at radius 2 is 2.05 bits per heavy atom. The molecule has 1 unspecified atom stereocenters. The maximum atomic E-state index is 13.5. The predicted molar refractivity (Wildman–Crippen MR) is 148 cm³/mol. The second-order valence-corrected chi connectivity index (χ2v) is 8.51. The van der Waals surface area contributed by atoms with Crippen molar-refractivity contribution < 1.29 is 14.1 Å². The van der Waals surface area contributed by atoms with Crippen molar-refractivity contribution in [2.75, 3.05) is 19.6 Å². The van der Waals surface area contributed by atoms with Crippen LogP contribution in [-0.2, 0) is 9.59 Å². The van der Waals surface area contributed by atoms with Crippen LogP contribution in [0.2, 0.25) is 5.02 Å². The monoisotopic (exact) mass is 526 g/mol. The molecule has 0 saturated carbocycles. The van der Waals surface area contributed by atoms with Gasteiger partial charge in [-0.15, -0.1) is 13.2 Å². The summed E-state index contributed by atoms with van der Waals surface area (Å²) < 4.78 is 5.05. The molecular weight excluding hydrogens is 492 g/mol. The molecule has 1 aromatic carbocycles. The van der Waals surface area contributed by atoms with Crippen LogP contribution in [0.3, 0.4) is 0 Å². The number of allylic oxidation sites excluding steroid dienone is 1. The topological polar surface area (TPSA) is 113 Å². The number of aromatic nitrogens is 2. The number of halogens is 1. The molecule has 2 amide bonds. The lowest BCUT2D eigenvalue weighted by Gasteiger charge is -2.30. The Morgan fingerprint density at radius 1 is 1.32 bits per heavy atom. The third-order valence-electron chi connectivity index (χ3n) is 5.44. The first-order chi connectivity index (χ1) is 17.7. The number of likely N-dealkylation sites (N-methyl/N-ethyl adjacent to an activating group) is 1. The third-order valence-corrected chi connectivity index (χ3v) is 5.76. The van der Waals surface area contributed by atoms with Gasteiger partial charge in [0.05, 0.1) is 6.17 Å². The Kier molecular flexibility index (Phi) is 11.4. The van der Waals surface area contributed by atoms with Crippen molar-refractivity contribution in [3.05, 3.63) is 65.6 Å². The molecule has 2 heterocycles. The highest BCUT2D eigenvalue weighted by Crippen LogP contribution is 2.33. The molecule has 0 saturated heterocycles. The standard InChI is InChI=1S/C25H31ClN6O3.C2H4/c1-6-18-13-21(20-10-9-19(14-22(20)26)23-30-17(5)35-31-23)25(34)32(7-2)24(18)29-15(3)27-11-8-12-28-16(4)33;1-2/h6,9-10,13-15,27H,7-8,11-12H2,1-5H3,(H,28,33);1-2H2/b18-6-,29-24+;. The molecule has 2 N–H and O–H groups in total. The third kappa shape index (κ3) is 7.71. The molecule has 10 heteroatoms. The first-order valence-electron chi connectivity index (χ1n) is 12.1. The van der Waals surface area contributed by atoms with Crippen molar-refractivity contribution in [2.24, 2.45) is 4.99 Å². The Labute approximate surface area is 223 Å². The molecule has 198 valence electrons. The SMILES string of the molecule is C/C=C1/C=C(c2ccc(-c3noc(C)n3)cc2Cl)C(=O)N(CC)/C1=N/C(C)NCCCNC(C)=O.C=C. The van der Waals surface area contributed by atoms with Crippen LogP contribution >= 0.6 is 11.6 Å². The fraction of sp³-hybridized carbons (Fsp3) is 0.370. The number of benzene rings is 1. The minimum Gasteiger partial charge on any atom is -0.356 e. The zero-order chi connectivity index (χ0) is 27.5. The number of nitrogens with one attached hydrogen (secondary N) is 2. The highest BCUT2D eigenvalue weighted by atomic mass is 35.5. The van der Waals surface area contributed by atoms with E-state index in [2.05, 4.69) is 33.9 Å². The average Bonchev–Trinajstić information content (AvgIpc) is 3.32. The van der Waals surface area contributed by atoms with Crippen LogP contribution in [0.4, 0.5) is 0 Å². The summed E-state index contributed by atoms with van der Waals surface area (Å²) in [6.07, 6.45) is 4.33. The number of amidine groups is 1. The summed E-state index contributed by atoms with van der Waals surface area (Å²) in [5.41, 5.74) is 2.67. The molecule has 1 aliphatic rings. The number of aryl methyl sites for hydroxylation is 1. The molecule has 0 spiro atoms. The second kappa shape index (κ2) is 14.2. The van der Waals surface area contributed by atoms with Crippen molar-refractivity contribution in [1.82, 2.24) is 25.7 Å². The second-order valence-electron chi connectivity index (χ2n) is 8.10. The lowest BCUT2D eigenvalue weighted by Crippen LogP contribution is -2.42. The number of nitrogens with zero attached hydrogens (tertiary/aromatic N) is 4. The maximum Gasteiger partial charge on any atom is 0.260 e. The van der Waals surface area contributed by atoms with Crippen LogP contribution in [0, 0.1) is 6.92 Å². The number of amides is 2. The molecule has 37 heavy (non-hydrogen) atoms. The van der Waals surface area contributed by atoms with E-state index >= 15 is 0 Å². The van der Waals surface area contributed by atoms with E-state index in [1.54, 1.807) is 24.0 Å². The largest absolute Gasteiger partial charge is 0.356 e. The summed E-state index contributed by atoms with van der Waals surface area (Å²) in [6.45, 7) is 16.7. The average molecular weight is 527 g/mol. The number of carbonyl (C=O) groups excluding carboxylic acids is 2. The lowest BCUT2D eigenvalue weighted by atomic mass is 9.95. The molecule has 1 aromatic heterocycles. The first kappa shape index (κ1) is 29.7. The predicted octanol–water partition coefficient (Wildman–Crippen LogP) is 4.55. The van der Waals surface area contributed by atoms with Gasteiger partial charge in [-0.2, -0.15) is 4.98 Å². The fourth-order valence-corrected chi connectivity index (χ4v) is 3.99. The molecule has 0 radical (unpaired) electrons. The van der Waals surface area contributed by atoms with E-state index in [0.29, 0.717) is 58.9 Å². The minimum atomic E-state index is -0.213. The summed E-state index contributed by atoms with van der Waals surface area (Å²) in [5, 5.41) is 10.4. The highest BCUT2D eigenvalue weighted by Gasteiger charge is 2.31. The van der Waals surface area contributed by atoms with Gasteiger partial charge in [0.2, 0.25) is 17.6 Å². The van der Waals surface area contributed by atoms with Gasteiger partial charge in [-0.25, -0.2) is 4.99 Å². The first-order valence-corrected chi connectivity index (χ1v) is 12.5. The highest BCUT2D eigenvalue weighted by molar-refractivity contribution is 6.37. The van der Waals surface area contributed by atoms with Gasteiger partial charge in [-0.1, -0.05) is 35.0 Å². The van der Waals surface area contributed by atoms with Gasteiger partial charge in [0.1, 0.15) is 5.84 Å². The van der Waals surface area contributed by atoms with Crippen LogP contribution in [-0.4, -0.2) is 58.5 Å². The van der Waals surface area contributed by atoms with Crippen molar-refractivity contribution in [3.63, 3.8) is 0 Å². The summed E-state index contributed by atoms with van der Waals surface area (Å²) in [5.74, 6) is 1.31. The molecule has 3 rings (SSSR count). The van der Waals surface area contributed by atoms with Crippen molar-refractivity contribution in [2.45, 2.75) is 47.2 Å². The van der Waals surface area contributed by atoms with Crippen molar-refractivity contribution >= 4 is 34.8 Å². The van der Waals surface area contributed by atoms with E-state index in [-0.39, 0.29) is 18.0 Å². The molecule has 9 nitrogen and oxygen atoms in total. The molecule has 2 aromatic rings. The Balaban J connectivity index is 0.00000235. The maximum absolute atomic E-state index is 13.5. The number of carbonyl (C=O) groups is 2. The molecule has 0 bridgehead atoms. The van der Waals surface area contributed by atoms with Gasteiger partial charge in [0.25, 0.3) is 5.91 Å². The van der Waals surface area contributed by atoms with Gasteiger partial charge < -0.3 is 9.84 Å². The van der Waals surface area contributed by atoms with Crippen LogP contribution < -0.4 is 10.6 Å². The Bertz CT molecular complexity index is 1200. The van der Waals surface area contributed by atoms with Gasteiger partial charge in [-0.05, 0) is 45.9 Å². The van der Waals surface area contributed by atoms with Gasteiger partial charge in [0.15, 0.2) is 0 Å². The Hall–Kier alpha value is -3.56. The lowest BCUT2D eigenvalue weighted by molar-refractivity contribution is -0.121. The summed E-state index contributed by atoms with van der Waals surface area (Å²) in [7, 11) is 0. The summed E-state index contributed by atoms with van der Waals surface area (Å²) >= 11 is 6.61. The summed E-state index contributed by atoms with van der Waals surface area (Å²) in [6, 6.07) is 5.36. The quantitative estimate of drug-likeness (QED) is 0.366. The van der Waals surface area contributed by atoms with Gasteiger partial charge in [0, 0.05) is 54.2 Å². The van der Waals surface area contributed by atoms with Crippen LogP contribution in [0.25, 0.3) is 17.0 Å². The molecule has 1 aliphatic heterocycles. The van der Waals surface area contributed by atoms with Crippen molar-refractivity contribution in [1.29, 1.82) is 0 Å². The minimum absolute atomic E-state index is 0.0439. The molecule has 0 fully saturated rings. The molecule has 0 aliphatic carbocycles. The number of hydrogen-bond acceptors (Lipinski definition) is 7. The Morgan fingerprint density at radius 3 is 2.62 bits per heavy atom. The van der Waals surface area contributed by atoms with E-state index < -0.39 is 0 Å². The fourth-order valence-electron chi connectivity index (χ4n) is 3.70. The van der Waals surface area contributed by atoms with Crippen LogP contribution in [0.1, 0.15) is 45.6 Å². The van der Waals surface area contributed by atoms with Crippen molar-refractivity contribution in [3.8, 4) is 11.4 Å². The van der Waals surface area contributed by atoms with E-state index in [9.17, 15) is 9.59 Å². The van der Waals surface area contributed by atoms with E-state index in [1.165, 1.54) is 6.92 Å². The van der Waals surface area contributed by atoms with E-state index in [0.717, 1.165) is 12.0 Å². The van der Waals surface area contributed by atoms with Gasteiger partial charge >= 0.3 is 0 Å².